The van der Waals surface area contributed by atoms with E-state index in [1.165, 1.54) is 0 Å². The summed E-state index contributed by atoms with van der Waals surface area (Å²) in [5.41, 5.74) is 0.763. The predicted molar refractivity (Wildman–Crippen MR) is 41.4 cm³/mol. The van der Waals surface area contributed by atoms with Gasteiger partial charge in [0.15, 0.2) is 5.82 Å². The summed E-state index contributed by atoms with van der Waals surface area (Å²) in [5.74, 6) is 1.16. The number of hydrogen-bond donors (Lipinski definition) is 1. The predicted octanol–water partition coefficient (Wildman–Crippen LogP) is 1.20. The smallest absolute Gasteiger partial charge is 0.261 e. The van der Waals surface area contributed by atoms with Crippen LogP contribution in [0.1, 0.15) is 5.82 Å². The maximum Gasteiger partial charge on any atom is 0.261 e. The van der Waals surface area contributed by atoms with Crippen molar-refractivity contribution in [3.63, 3.8) is 0 Å². The van der Waals surface area contributed by atoms with Crippen LogP contribution in [0.25, 0.3) is 11.5 Å². The third kappa shape index (κ3) is 1.18. The molecule has 5 nitrogen and oxygen atoms in total. The molecule has 6 heteroatoms. The molecule has 2 aromatic heterocycles. The molecule has 2 aromatic rings. The summed E-state index contributed by atoms with van der Waals surface area (Å²) in [7, 11) is 0. The quantitative estimate of drug-likeness (QED) is 0.713. The average Bonchev–Trinajstić information content (AvgIpc) is 2.75. The first-order valence-electron chi connectivity index (χ1n) is 3.28. The van der Waals surface area contributed by atoms with Crippen molar-refractivity contribution in [2.45, 2.75) is 5.88 Å². The molecule has 2 heterocycles. The van der Waals surface area contributed by atoms with Gasteiger partial charge in [0.25, 0.3) is 5.89 Å². The largest absolute Gasteiger partial charge is 0.334 e. The van der Waals surface area contributed by atoms with Gasteiger partial charge < -0.3 is 4.52 Å². The zero-order valence-corrected chi connectivity index (χ0v) is 6.75. The summed E-state index contributed by atoms with van der Waals surface area (Å²) in [6.07, 6.45) is 3.27. The fourth-order valence-electron chi connectivity index (χ4n) is 0.793. The van der Waals surface area contributed by atoms with Crippen molar-refractivity contribution < 1.29 is 4.52 Å². The second kappa shape index (κ2) is 2.94. The zero-order valence-electron chi connectivity index (χ0n) is 5.99. The van der Waals surface area contributed by atoms with E-state index >= 15 is 0 Å². The van der Waals surface area contributed by atoms with Crippen LogP contribution in [0.2, 0.25) is 0 Å². The molecule has 1 N–H and O–H groups in total. The van der Waals surface area contributed by atoms with Gasteiger partial charge >= 0.3 is 0 Å². The van der Waals surface area contributed by atoms with Crippen LogP contribution in [0.3, 0.4) is 0 Å². The van der Waals surface area contributed by atoms with Gasteiger partial charge in [-0.3, -0.25) is 5.10 Å². The Labute approximate surface area is 72.7 Å². The van der Waals surface area contributed by atoms with Gasteiger partial charge in [-0.25, -0.2) is 0 Å². The lowest BCUT2D eigenvalue weighted by Gasteiger charge is -1.80. The van der Waals surface area contributed by atoms with Crippen LogP contribution in [0.4, 0.5) is 0 Å². The second-order valence-corrected chi connectivity index (χ2v) is 2.40. The standard InChI is InChI=1S/C6H5ClN4O/c7-1-5-10-6(12-11-5)4-2-8-9-3-4/h2-3H,1H2,(H,8,9). The maximum absolute atomic E-state index is 5.49. The normalized spacial score (nSPS) is 10.4. The molecule has 0 aliphatic heterocycles. The van der Waals surface area contributed by atoms with Crippen molar-refractivity contribution in [3.8, 4) is 11.5 Å². The lowest BCUT2D eigenvalue weighted by Crippen LogP contribution is -1.79. The van der Waals surface area contributed by atoms with Gasteiger partial charge in [-0.2, -0.15) is 10.1 Å². The lowest BCUT2D eigenvalue weighted by molar-refractivity contribution is 0.425. The van der Waals surface area contributed by atoms with Crippen LogP contribution < -0.4 is 0 Å². The highest BCUT2D eigenvalue weighted by Gasteiger charge is 2.07. The molecule has 0 saturated carbocycles. The average molecular weight is 185 g/mol. The van der Waals surface area contributed by atoms with Crippen LogP contribution >= 0.6 is 11.6 Å². The first-order chi connectivity index (χ1) is 5.90. The van der Waals surface area contributed by atoms with Crippen LogP contribution in [-0.4, -0.2) is 20.3 Å². The highest BCUT2D eigenvalue weighted by molar-refractivity contribution is 6.16. The molecule has 0 atom stereocenters. The molecule has 12 heavy (non-hydrogen) atoms. The highest BCUT2D eigenvalue weighted by Crippen LogP contribution is 2.14. The number of hydrogen-bond acceptors (Lipinski definition) is 4. The van der Waals surface area contributed by atoms with Gasteiger partial charge in [0, 0.05) is 6.20 Å². The third-order valence-electron chi connectivity index (χ3n) is 1.33. The highest BCUT2D eigenvalue weighted by atomic mass is 35.5. The number of nitrogens with one attached hydrogen (secondary N) is 1. The summed E-state index contributed by atoms with van der Waals surface area (Å²) >= 11 is 5.49. The van der Waals surface area contributed by atoms with Gasteiger partial charge in [-0.1, -0.05) is 5.16 Å². The molecule has 0 spiro atoms. The molecular formula is C6H5ClN4O. The topological polar surface area (TPSA) is 67.6 Å². The van der Waals surface area contributed by atoms with Crippen molar-refractivity contribution in [2.75, 3.05) is 0 Å². The first kappa shape index (κ1) is 7.30. The Balaban J connectivity index is 2.35. The second-order valence-electron chi connectivity index (χ2n) is 2.14. The molecule has 62 valence electrons. The van der Waals surface area contributed by atoms with Gasteiger partial charge in [0.2, 0.25) is 0 Å². The summed E-state index contributed by atoms with van der Waals surface area (Å²) in [6.45, 7) is 0. The van der Waals surface area contributed by atoms with Gasteiger partial charge in [0.05, 0.1) is 17.6 Å². The Kier molecular flexibility index (Phi) is 1.79. The van der Waals surface area contributed by atoms with E-state index in [1.54, 1.807) is 12.4 Å². The fraction of sp³-hybridized carbons (Fsp3) is 0.167. The van der Waals surface area contributed by atoms with E-state index in [4.69, 9.17) is 16.1 Å². The van der Waals surface area contributed by atoms with E-state index in [0.29, 0.717) is 11.7 Å². The number of halogens is 1. The molecule has 0 bridgehead atoms. The van der Waals surface area contributed by atoms with E-state index in [0.717, 1.165) is 5.56 Å². The van der Waals surface area contributed by atoms with E-state index in [-0.39, 0.29) is 5.88 Å². The minimum atomic E-state index is 0.251. The van der Waals surface area contributed by atoms with E-state index in [9.17, 15) is 0 Å². The first-order valence-corrected chi connectivity index (χ1v) is 3.81. The maximum atomic E-state index is 5.49. The van der Waals surface area contributed by atoms with Crippen LogP contribution in [0, 0.1) is 0 Å². The minimum Gasteiger partial charge on any atom is -0.334 e. The summed E-state index contributed by atoms with van der Waals surface area (Å²) < 4.78 is 4.89. The van der Waals surface area contributed by atoms with Crippen molar-refractivity contribution in [1.29, 1.82) is 0 Å². The molecule has 0 fully saturated rings. The molecule has 0 radical (unpaired) electrons. The third-order valence-corrected chi connectivity index (χ3v) is 1.57. The van der Waals surface area contributed by atoms with E-state index < -0.39 is 0 Å². The monoisotopic (exact) mass is 184 g/mol. The SMILES string of the molecule is ClCc1noc(-c2cn[nH]c2)n1. The fourth-order valence-corrected chi connectivity index (χ4v) is 0.902. The Morgan fingerprint density at radius 1 is 1.58 bits per heavy atom. The summed E-state index contributed by atoms with van der Waals surface area (Å²) in [4.78, 5) is 4.00. The van der Waals surface area contributed by atoms with Gasteiger partial charge in [0.1, 0.15) is 0 Å². The molecule has 0 unspecified atom stereocenters. The number of nitrogens with zero attached hydrogens (tertiary/aromatic N) is 3. The number of H-pyrrole nitrogens is 1. The van der Waals surface area contributed by atoms with Gasteiger partial charge in [-0.15, -0.1) is 11.6 Å². The Morgan fingerprint density at radius 2 is 2.50 bits per heavy atom. The molecular weight excluding hydrogens is 180 g/mol. The molecule has 0 aliphatic rings. The van der Waals surface area contributed by atoms with Gasteiger partial charge in [-0.05, 0) is 0 Å². The Hall–Kier alpha value is -1.36. The number of rotatable bonds is 2. The molecule has 0 saturated heterocycles. The van der Waals surface area contributed by atoms with Crippen LogP contribution in [-0.2, 0) is 5.88 Å². The van der Waals surface area contributed by atoms with Crippen molar-refractivity contribution >= 4 is 11.6 Å². The van der Waals surface area contributed by atoms with E-state index in [2.05, 4.69) is 20.3 Å². The summed E-state index contributed by atoms with van der Waals surface area (Å²) in [5, 5.41) is 10.0. The Bertz CT molecular complexity index is 355. The molecule has 0 aromatic carbocycles. The molecule has 2 rings (SSSR count). The Morgan fingerprint density at radius 3 is 3.08 bits per heavy atom. The van der Waals surface area contributed by atoms with Crippen molar-refractivity contribution in [1.82, 2.24) is 20.3 Å². The van der Waals surface area contributed by atoms with Crippen molar-refractivity contribution in [3.05, 3.63) is 18.2 Å². The number of aromatic amines is 1. The minimum absolute atomic E-state index is 0.251. The zero-order chi connectivity index (χ0) is 8.39. The lowest BCUT2D eigenvalue weighted by atomic mass is 10.4. The summed E-state index contributed by atoms with van der Waals surface area (Å²) in [6, 6.07) is 0. The molecule has 0 amide bonds. The van der Waals surface area contributed by atoms with Crippen LogP contribution in [0.5, 0.6) is 0 Å². The number of aromatic nitrogens is 4. The van der Waals surface area contributed by atoms with E-state index in [1.807, 2.05) is 0 Å². The number of alkyl halides is 1. The van der Waals surface area contributed by atoms with Crippen molar-refractivity contribution in [2.24, 2.45) is 0 Å². The van der Waals surface area contributed by atoms with Crippen LogP contribution in [0.15, 0.2) is 16.9 Å². The molecule has 0 aliphatic carbocycles.